The molecule has 2 rings (SSSR count). The van der Waals surface area contributed by atoms with Crippen LogP contribution in [0.3, 0.4) is 0 Å². The molecule has 2 aromatic rings. The number of carbonyl (C=O) groups excluding carboxylic acids is 1. The maximum atomic E-state index is 12.0. The number of carbonyl (C=O) groups is 1. The van der Waals surface area contributed by atoms with Crippen molar-refractivity contribution in [2.24, 2.45) is 0 Å². The molecule has 4 heteroatoms. The van der Waals surface area contributed by atoms with Gasteiger partial charge in [-0.1, -0.05) is 31.5 Å². The zero-order valence-corrected chi connectivity index (χ0v) is 14.1. The summed E-state index contributed by atoms with van der Waals surface area (Å²) < 4.78 is 10.8. The average molecular weight is 325 g/mol. The van der Waals surface area contributed by atoms with Crippen LogP contribution < -0.4 is 14.8 Å². The maximum Gasteiger partial charge on any atom is 0.248 e. The van der Waals surface area contributed by atoms with E-state index in [0.717, 1.165) is 35.6 Å². The first-order valence-corrected chi connectivity index (χ1v) is 8.08. The Labute approximate surface area is 143 Å². The number of hydrogen-bond acceptors (Lipinski definition) is 3. The van der Waals surface area contributed by atoms with Gasteiger partial charge in [-0.2, -0.15) is 0 Å². The van der Waals surface area contributed by atoms with Gasteiger partial charge in [-0.3, -0.25) is 4.79 Å². The van der Waals surface area contributed by atoms with Gasteiger partial charge in [-0.15, -0.1) is 0 Å². The Bertz CT molecular complexity index is 678. The van der Waals surface area contributed by atoms with Crippen LogP contribution in [0.15, 0.2) is 54.6 Å². The Balaban J connectivity index is 1.97. The summed E-state index contributed by atoms with van der Waals surface area (Å²) in [6.07, 6.45) is 5.37. The van der Waals surface area contributed by atoms with Crippen LogP contribution in [0.1, 0.15) is 25.3 Å². The summed E-state index contributed by atoms with van der Waals surface area (Å²) in [4.78, 5) is 12.0. The van der Waals surface area contributed by atoms with Crippen molar-refractivity contribution in [2.45, 2.75) is 19.8 Å². The fourth-order valence-corrected chi connectivity index (χ4v) is 2.10. The zero-order chi connectivity index (χ0) is 17.2. The third-order valence-electron chi connectivity index (χ3n) is 3.45. The van der Waals surface area contributed by atoms with Gasteiger partial charge < -0.3 is 14.8 Å². The van der Waals surface area contributed by atoms with Crippen molar-refractivity contribution in [3.63, 3.8) is 0 Å². The van der Waals surface area contributed by atoms with Crippen molar-refractivity contribution in [1.82, 2.24) is 0 Å². The summed E-state index contributed by atoms with van der Waals surface area (Å²) in [5, 5.41) is 2.81. The lowest BCUT2D eigenvalue weighted by Gasteiger charge is -2.08. The van der Waals surface area contributed by atoms with E-state index in [2.05, 4.69) is 12.2 Å². The standard InChI is InChI=1S/C20H23NO3/c1-3-4-15-24-19-8-6-5-7-16(19)9-14-20(22)21-17-10-12-18(23-2)13-11-17/h5-14H,3-4,15H2,1-2H3,(H,21,22)/b14-9+. The third-order valence-corrected chi connectivity index (χ3v) is 3.45. The Morgan fingerprint density at radius 1 is 1.12 bits per heavy atom. The van der Waals surface area contributed by atoms with Gasteiger partial charge in [0.15, 0.2) is 0 Å². The third kappa shape index (κ3) is 5.47. The highest BCUT2D eigenvalue weighted by Gasteiger charge is 2.02. The Hall–Kier alpha value is -2.75. The normalized spacial score (nSPS) is 10.6. The molecular weight excluding hydrogens is 302 g/mol. The minimum Gasteiger partial charge on any atom is -0.497 e. The SMILES string of the molecule is CCCCOc1ccccc1/C=C/C(=O)Nc1ccc(OC)cc1. The van der Waals surface area contributed by atoms with E-state index in [4.69, 9.17) is 9.47 Å². The topological polar surface area (TPSA) is 47.6 Å². The monoisotopic (exact) mass is 325 g/mol. The van der Waals surface area contributed by atoms with Gasteiger partial charge in [0.25, 0.3) is 0 Å². The Morgan fingerprint density at radius 2 is 1.88 bits per heavy atom. The smallest absolute Gasteiger partial charge is 0.248 e. The number of anilines is 1. The minimum atomic E-state index is -0.191. The molecule has 0 fully saturated rings. The first kappa shape index (κ1) is 17.6. The quantitative estimate of drug-likeness (QED) is 0.573. The fourth-order valence-electron chi connectivity index (χ4n) is 2.10. The molecular formula is C20H23NO3. The van der Waals surface area contributed by atoms with E-state index in [1.165, 1.54) is 6.08 Å². The number of unbranched alkanes of at least 4 members (excludes halogenated alkanes) is 1. The van der Waals surface area contributed by atoms with Crippen LogP contribution >= 0.6 is 0 Å². The lowest BCUT2D eigenvalue weighted by molar-refractivity contribution is -0.111. The number of amides is 1. The fraction of sp³-hybridized carbons (Fsp3) is 0.250. The van der Waals surface area contributed by atoms with Gasteiger partial charge in [0.05, 0.1) is 13.7 Å². The highest BCUT2D eigenvalue weighted by atomic mass is 16.5. The molecule has 0 aromatic heterocycles. The first-order valence-electron chi connectivity index (χ1n) is 8.08. The highest BCUT2D eigenvalue weighted by molar-refractivity contribution is 6.02. The van der Waals surface area contributed by atoms with Crippen molar-refractivity contribution in [3.8, 4) is 11.5 Å². The van der Waals surface area contributed by atoms with E-state index < -0.39 is 0 Å². The largest absolute Gasteiger partial charge is 0.497 e. The molecule has 126 valence electrons. The van der Waals surface area contributed by atoms with Crippen LogP contribution in [0.25, 0.3) is 6.08 Å². The first-order chi connectivity index (χ1) is 11.7. The van der Waals surface area contributed by atoms with Gasteiger partial charge in [0, 0.05) is 17.3 Å². The molecule has 0 saturated carbocycles. The van der Waals surface area contributed by atoms with E-state index >= 15 is 0 Å². The van der Waals surface area contributed by atoms with Crippen LogP contribution in [-0.2, 0) is 4.79 Å². The predicted molar refractivity (Wildman–Crippen MR) is 97.5 cm³/mol. The van der Waals surface area contributed by atoms with Crippen LogP contribution in [0.2, 0.25) is 0 Å². The summed E-state index contributed by atoms with van der Waals surface area (Å²) in [5.41, 5.74) is 1.61. The van der Waals surface area contributed by atoms with Gasteiger partial charge >= 0.3 is 0 Å². The maximum absolute atomic E-state index is 12.0. The molecule has 0 aliphatic rings. The summed E-state index contributed by atoms with van der Waals surface area (Å²) in [5.74, 6) is 1.35. The summed E-state index contributed by atoms with van der Waals surface area (Å²) in [6.45, 7) is 2.80. The molecule has 0 aliphatic heterocycles. The summed E-state index contributed by atoms with van der Waals surface area (Å²) >= 11 is 0. The average Bonchev–Trinajstić information content (AvgIpc) is 2.62. The molecule has 0 heterocycles. The molecule has 4 nitrogen and oxygen atoms in total. The number of para-hydroxylation sites is 1. The van der Waals surface area contributed by atoms with Crippen molar-refractivity contribution in [3.05, 3.63) is 60.2 Å². The lowest BCUT2D eigenvalue weighted by atomic mass is 10.2. The molecule has 24 heavy (non-hydrogen) atoms. The van der Waals surface area contributed by atoms with E-state index in [0.29, 0.717) is 6.61 Å². The number of benzene rings is 2. The number of hydrogen-bond donors (Lipinski definition) is 1. The van der Waals surface area contributed by atoms with Gasteiger partial charge in [0.1, 0.15) is 11.5 Å². The van der Waals surface area contributed by atoms with Crippen LogP contribution in [0, 0.1) is 0 Å². The van der Waals surface area contributed by atoms with E-state index in [1.54, 1.807) is 37.5 Å². The Morgan fingerprint density at radius 3 is 2.58 bits per heavy atom. The molecule has 1 N–H and O–H groups in total. The summed E-state index contributed by atoms with van der Waals surface area (Å²) in [7, 11) is 1.61. The number of nitrogens with one attached hydrogen (secondary N) is 1. The van der Waals surface area contributed by atoms with E-state index in [-0.39, 0.29) is 5.91 Å². The number of ether oxygens (including phenoxy) is 2. The molecule has 0 radical (unpaired) electrons. The van der Waals surface area contributed by atoms with Crippen molar-refractivity contribution in [1.29, 1.82) is 0 Å². The molecule has 0 spiro atoms. The minimum absolute atomic E-state index is 0.191. The van der Waals surface area contributed by atoms with E-state index in [9.17, 15) is 4.79 Å². The molecule has 0 bridgehead atoms. The molecule has 0 unspecified atom stereocenters. The van der Waals surface area contributed by atoms with Crippen LogP contribution in [0.5, 0.6) is 11.5 Å². The van der Waals surface area contributed by atoms with E-state index in [1.807, 2.05) is 24.3 Å². The second kappa shape index (κ2) is 9.40. The number of rotatable bonds is 8. The summed E-state index contributed by atoms with van der Waals surface area (Å²) in [6, 6.07) is 14.9. The van der Waals surface area contributed by atoms with Crippen molar-refractivity contribution < 1.29 is 14.3 Å². The molecule has 0 saturated heterocycles. The van der Waals surface area contributed by atoms with Gasteiger partial charge in [0.2, 0.25) is 5.91 Å². The number of methoxy groups -OCH3 is 1. The molecule has 2 aromatic carbocycles. The van der Waals surface area contributed by atoms with Crippen molar-refractivity contribution >= 4 is 17.7 Å². The van der Waals surface area contributed by atoms with Gasteiger partial charge in [-0.25, -0.2) is 0 Å². The molecule has 0 atom stereocenters. The van der Waals surface area contributed by atoms with Crippen LogP contribution in [-0.4, -0.2) is 19.6 Å². The second-order valence-corrected chi connectivity index (χ2v) is 5.29. The van der Waals surface area contributed by atoms with Crippen molar-refractivity contribution in [2.75, 3.05) is 19.0 Å². The Kier molecular flexibility index (Phi) is 6.90. The molecule has 0 aliphatic carbocycles. The zero-order valence-electron chi connectivity index (χ0n) is 14.1. The lowest BCUT2D eigenvalue weighted by Crippen LogP contribution is -2.07. The van der Waals surface area contributed by atoms with Crippen LogP contribution in [0.4, 0.5) is 5.69 Å². The van der Waals surface area contributed by atoms with Gasteiger partial charge in [-0.05, 0) is 42.8 Å². The second-order valence-electron chi connectivity index (χ2n) is 5.29. The predicted octanol–water partition coefficient (Wildman–Crippen LogP) is 4.53. The highest BCUT2D eigenvalue weighted by Crippen LogP contribution is 2.20. The molecule has 1 amide bonds.